The summed E-state index contributed by atoms with van der Waals surface area (Å²) in [7, 11) is 0. The summed E-state index contributed by atoms with van der Waals surface area (Å²) in [6.07, 6.45) is -3.20. The molecule has 0 bridgehead atoms. The van der Waals surface area contributed by atoms with Gasteiger partial charge in [0.05, 0.1) is 28.7 Å². The molecule has 1 heterocycles. The van der Waals surface area contributed by atoms with E-state index in [4.69, 9.17) is 0 Å². The molecular weight excluding hydrogens is 350 g/mol. The SMILES string of the molecule is Cc1c(C(=O)Nc2ccc(F)cc2)cnn1-c1cccc(C(F)(F)F)c1. The Balaban J connectivity index is 1.88. The summed E-state index contributed by atoms with van der Waals surface area (Å²) < 4.78 is 52.8. The average Bonchev–Trinajstić information content (AvgIpc) is 2.98. The van der Waals surface area contributed by atoms with E-state index in [1.54, 1.807) is 6.92 Å². The van der Waals surface area contributed by atoms with Gasteiger partial charge < -0.3 is 5.32 Å². The third-order valence-corrected chi connectivity index (χ3v) is 3.77. The van der Waals surface area contributed by atoms with Gasteiger partial charge in [-0.05, 0) is 49.4 Å². The molecule has 3 aromatic rings. The molecular formula is C18H13F4N3O. The molecule has 0 saturated heterocycles. The maximum Gasteiger partial charge on any atom is 0.416 e. The molecule has 0 radical (unpaired) electrons. The second-order valence-corrected chi connectivity index (χ2v) is 5.56. The minimum Gasteiger partial charge on any atom is -0.322 e. The molecule has 1 N–H and O–H groups in total. The van der Waals surface area contributed by atoms with Gasteiger partial charge >= 0.3 is 6.18 Å². The van der Waals surface area contributed by atoms with E-state index in [0.717, 1.165) is 12.1 Å². The zero-order chi connectivity index (χ0) is 18.9. The van der Waals surface area contributed by atoms with E-state index in [-0.39, 0.29) is 11.3 Å². The maximum atomic E-state index is 12.9. The largest absolute Gasteiger partial charge is 0.416 e. The maximum absolute atomic E-state index is 12.9. The van der Waals surface area contributed by atoms with Crippen molar-refractivity contribution in [2.45, 2.75) is 13.1 Å². The molecule has 1 amide bonds. The Kier molecular flexibility index (Phi) is 4.50. The zero-order valence-corrected chi connectivity index (χ0v) is 13.5. The number of carbonyl (C=O) groups is 1. The van der Waals surface area contributed by atoms with Crippen LogP contribution in [0, 0.1) is 12.7 Å². The van der Waals surface area contributed by atoms with Gasteiger partial charge in [0.2, 0.25) is 0 Å². The fourth-order valence-corrected chi connectivity index (χ4v) is 2.44. The Morgan fingerprint density at radius 2 is 1.81 bits per heavy atom. The van der Waals surface area contributed by atoms with Crippen LogP contribution in [0.4, 0.5) is 23.2 Å². The number of hydrogen-bond donors (Lipinski definition) is 1. The van der Waals surface area contributed by atoms with Gasteiger partial charge in [-0.2, -0.15) is 18.3 Å². The number of amides is 1. The van der Waals surface area contributed by atoms with E-state index in [0.29, 0.717) is 11.4 Å². The normalized spacial score (nSPS) is 11.4. The molecule has 2 aromatic carbocycles. The van der Waals surface area contributed by atoms with Crippen LogP contribution in [0.5, 0.6) is 0 Å². The molecule has 1 aromatic heterocycles. The number of hydrogen-bond acceptors (Lipinski definition) is 2. The number of rotatable bonds is 3. The molecule has 0 aliphatic rings. The predicted octanol–water partition coefficient (Wildman–Crippen LogP) is 4.59. The Bertz CT molecular complexity index is 946. The lowest BCUT2D eigenvalue weighted by atomic mass is 10.2. The number of nitrogens with one attached hydrogen (secondary N) is 1. The molecule has 0 aliphatic heterocycles. The van der Waals surface area contributed by atoms with Crippen LogP contribution >= 0.6 is 0 Å². The van der Waals surface area contributed by atoms with Gasteiger partial charge in [0.1, 0.15) is 5.82 Å². The molecule has 0 spiro atoms. The van der Waals surface area contributed by atoms with Crippen LogP contribution in [-0.4, -0.2) is 15.7 Å². The first-order chi connectivity index (χ1) is 12.3. The van der Waals surface area contributed by atoms with Crippen LogP contribution in [0.2, 0.25) is 0 Å². The van der Waals surface area contributed by atoms with Crippen molar-refractivity contribution in [3.63, 3.8) is 0 Å². The van der Waals surface area contributed by atoms with Crippen LogP contribution in [0.1, 0.15) is 21.6 Å². The number of benzene rings is 2. The minimum atomic E-state index is -4.47. The number of halogens is 4. The molecule has 134 valence electrons. The van der Waals surface area contributed by atoms with Crippen molar-refractivity contribution in [2.75, 3.05) is 5.32 Å². The molecule has 3 rings (SSSR count). The van der Waals surface area contributed by atoms with E-state index in [9.17, 15) is 22.4 Å². The van der Waals surface area contributed by atoms with Gasteiger partial charge in [-0.1, -0.05) is 6.07 Å². The van der Waals surface area contributed by atoms with Crippen LogP contribution in [-0.2, 0) is 6.18 Å². The highest BCUT2D eigenvalue weighted by molar-refractivity contribution is 6.04. The predicted molar refractivity (Wildman–Crippen MR) is 87.7 cm³/mol. The minimum absolute atomic E-state index is 0.193. The van der Waals surface area contributed by atoms with E-state index < -0.39 is 23.5 Å². The first-order valence-corrected chi connectivity index (χ1v) is 7.55. The van der Waals surface area contributed by atoms with Crippen molar-refractivity contribution in [2.24, 2.45) is 0 Å². The number of nitrogens with zero attached hydrogens (tertiary/aromatic N) is 2. The van der Waals surface area contributed by atoms with E-state index >= 15 is 0 Å². The van der Waals surface area contributed by atoms with E-state index in [1.165, 1.54) is 47.3 Å². The van der Waals surface area contributed by atoms with E-state index in [2.05, 4.69) is 10.4 Å². The van der Waals surface area contributed by atoms with Crippen molar-refractivity contribution in [3.05, 3.63) is 77.4 Å². The monoisotopic (exact) mass is 363 g/mol. The molecule has 0 atom stereocenters. The Morgan fingerprint density at radius 1 is 1.12 bits per heavy atom. The topological polar surface area (TPSA) is 46.9 Å². The Morgan fingerprint density at radius 3 is 2.46 bits per heavy atom. The standard InChI is InChI=1S/C18H13F4N3O/c1-11-16(17(26)24-14-7-5-13(19)6-8-14)10-23-25(11)15-4-2-3-12(9-15)18(20,21)22/h2-10H,1H3,(H,24,26). The summed E-state index contributed by atoms with van der Waals surface area (Å²) in [5.41, 5.74) is 0.360. The average molecular weight is 363 g/mol. The van der Waals surface area contributed by atoms with Gasteiger partial charge in [-0.25, -0.2) is 9.07 Å². The number of carbonyl (C=O) groups excluding carboxylic acids is 1. The first kappa shape index (κ1) is 17.7. The molecule has 8 heteroatoms. The first-order valence-electron chi connectivity index (χ1n) is 7.55. The molecule has 0 saturated carbocycles. The summed E-state index contributed by atoms with van der Waals surface area (Å²) in [5.74, 6) is -0.927. The highest BCUT2D eigenvalue weighted by Crippen LogP contribution is 2.30. The van der Waals surface area contributed by atoms with E-state index in [1.807, 2.05) is 0 Å². The fraction of sp³-hybridized carbons (Fsp3) is 0.111. The number of aromatic nitrogens is 2. The lowest BCUT2D eigenvalue weighted by Gasteiger charge is -2.10. The van der Waals surface area contributed by atoms with Crippen molar-refractivity contribution in [1.82, 2.24) is 9.78 Å². The van der Waals surface area contributed by atoms with Gasteiger partial charge in [0.25, 0.3) is 5.91 Å². The third kappa shape index (κ3) is 3.58. The lowest BCUT2D eigenvalue weighted by Crippen LogP contribution is -2.13. The lowest BCUT2D eigenvalue weighted by molar-refractivity contribution is -0.137. The van der Waals surface area contributed by atoms with Crippen molar-refractivity contribution >= 4 is 11.6 Å². The summed E-state index contributed by atoms with van der Waals surface area (Å²) in [5, 5.41) is 6.60. The fourth-order valence-electron chi connectivity index (χ4n) is 2.44. The molecule has 26 heavy (non-hydrogen) atoms. The van der Waals surface area contributed by atoms with Gasteiger partial charge in [-0.15, -0.1) is 0 Å². The Labute approximate surface area is 146 Å². The van der Waals surface area contributed by atoms with Crippen LogP contribution < -0.4 is 5.32 Å². The van der Waals surface area contributed by atoms with Crippen LogP contribution in [0.25, 0.3) is 5.69 Å². The molecule has 4 nitrogen and oxygen atoms in total. The highest BCUT2D eigenvalue weighted by atomic mass is 19.4. The van der Waals surface area contributed by atoms with Gasteiger partial charge in [-0.3, -0.25) is 4.79 Å². The van der Waals surface area contributed by atoms with Crippen molar-refractivity contribution < 1.29 is 22.4 Å². The summed E-state index contributed by atoms with van der Waals surface area (Å²) in [6.45, 7) is 1.58. The van der Waals surface area contributed by atoms with Crippen molar-refractivity contribution in [1.29, 1.82) is 0 Å². The number of alkyl halides is 3. The van der Waals surface area contributed by atoms with Crippen LogP contribution in [0.15, 0.2) is 54.7 Å². The second-order valence-electron chi connectivity index (χ2n) is 5.56. The molecule has 0 unspecified atom stereocenters. The third-order valence-electron chi connectivity index (χ3n) is 3.77. The molecule has 0 fully saturated rings. The quantitative estimate of drug-likeness (QED) is 0.692. The zero-order valence-electron chi connectivity index (χ0n) is 13.5. The van der Waals surface area contributed by atoms with Gasteiger partial charge in [0, 0.05) is 5.69 Å². The highest BCUT2D eigenvalue weighted by Gasteiger charge is 2.30. The number of anilines is 1. The summed E-state index contributed by atoms with van der Waals surface area (Å²) in [4.78, 5) is 12.4. The summed E-state index contributed by atoms with van der Waals surface area (Å²) in [6, 6.07) is 9.88. The smallest absolute Gasteiger partial charge is 0.322 e. The van der Waals surface area contributed by atoms with Crippen molar-refractivity contribution in [3.8, 4) is 5.69 Å². The van der Waals surface area contributed by atoms with Gasteiger partial charge in [0.15, 0.2) is 0 Å². The Hall–Kier alpha value is -3.16. The second kappa shape index (κ2) is 6.62. The summed E-state index contributed by atoms with van der Waals surface area (Å²) >= 11 is 0. The molecule has 0 aliphatic carbocycles. The van der Waals surface area contributed by atoms with Crippen LogP contribution in [0.3, 0.4) is 0 Å².